The highest BCUT2D eigenvalue weighted by Gasteiger charge is 2.30. The molecule has 1 aliphatic rings. The van der Waals surface area contributed by atoms with Gasteiger partial charge in [-0.3, -0.25) is 9.48 Å². The Morgan fingerprint density at radius 2 is 1.82 bits per heavy atom. The van der Waals surface area contributed by atoms with Crippen LogP contribution in [0.1, 0.15) is 12.8 Å². The number of likely N-dealkylation sites (tertiary alicyclic amines) is 1. The zero-order chi connectivity index (χ0) is 27.9. The molecule has 2 heterocycles. The predicted octanol–water partition coefficient (Wildman–Crippen LogP) is 4.48. The minimum absolute atomic E-state index is 0.144. The molecule has 2 amide bonds. The Morgan fingerprint density at radius 1 is 1.13 bits per heavy atom. The molecule has 4 rings (SSSR count). The maximum absolute atomic E-state index is 13.5. The van der Waals surface area contributed by atoms with Crippen molar-refractivity contribution in [1.82, 2.24) is 14.7 Å². The Bertz CT molecular complexity index is 1340. The maximum atomic E-state index is 13.5. The Morgan fingerprint density at radius 3 is 2.46 bits per heavy atom. The van der Waals surface area contributed by atoms with Crippen molar-refractivity contribution in [2.75, 3.05) is 30.3 Å². The van der Waals surface area contributed by atoms with Crippen LogP contribution in [0.15, 0.2) is 62.5 Å². The number of aliphatic hydroxyl groups is 2. The lowest BCUT2D eigenvalue weighted by Crippen LogP contribution is -2.44. The standard InChI is InChI=1S/C26H27BrFIN6O4/c27-22-11-20(5-6-23(22)28)31-25(33-29)24(38)17-7-9-34(10-8-17)26(39)32-19-3-1-16(2-4-19)18-12-30-35(13-18)14-21(37)15-36/h1-6,11-13,17,21,36-37H,7-10,14-15H2,(H,31,33)(H,32,39)/t21-/m1/s1. The summed E-state index contributed by atoms with van der Waals surface area (Å²) in [7, 11) is 0. The minimum atomic E-state index is -0.874. The van der Waals surface area contributed by atoms with Crippen molar-refractivity contribution in [2.24, 2.45) is 9.12 Å². The third kappa shape index (κ3) is 7.62. The molecule has 13 heteroatoms. The molecule has 0 saturated carbocycles. The van der Waals surface area contributed by atoms with Crippen molar-refractivity contribution in [1.29, 1.82) is 0 Å². The third-order valence-electron chi connectivity index (χ3n) is 6.36. The largest absolute Gasteiger partial charge is 0.394 e. The monoisotopic (exact) mass is 712 g/mol. The van der Waals surface area contributed by atoms with Crippen molar-refractivity contribution < 1.29 is 24.2 Å². The molecule has 1 fully saturated rings. The highest BCUT2D eigenvalue weighted by molar-refractivity contribution is 14.1. The molecule has 4 N–H and O–H groups in total. The van der Waals surface area contributed by atoms with Crippen LogP contribution in [0.25, 0.3) is 11.1 Å². The van der Waals surface area contributed by atoms with Crippen LogP contribution in [-0.4, -0.2) is 68.3 Å². The smallest absolute Gasteiger partial charge is 0.321 e. The van der Waals surface area contributed by atoms with E-state index in [2.05, 4.69) is 34.9 Å². The first-order valence-electron chi connectivity index (χ1n) is 12.2. The average molecular weight is 713 g/mol. The van der Waals surface area contributed by atoms with Crippen molar-refractivity contribution in [2.45, 2.75) is 25.5 Å². The number of ketones is 1. The highest BCUT2D eigenvalue weighted by Crippen LogP contribution is 2.24. The zero-order valence-electron chi connectivity index (χ0n) is 20.7. The number of hydrogen-bond donors (Lipinski definition) is 4. The van der Waals surface area contributed by atoms with Gasteiger partial charge in [-0.05, 0) is 64.7 Å². The number of urea groups is 1. The Hall–Kier alpha value is -2.88. The number of Topliss-reactive ketones (excluding diaryl/α,β-unsaturated/α-hetero) is 1. The van der Waals surface area contributed by atoms with Crippen LogP contribution in [0.5, 0.6) is 0 Å². The quantitative estimate of drug-likeness (QED) is 0.155. The molecule has 1 aromatic heterocycles. The lowest BCUT2D eigenvalue weighted by atomic mass is 9.92. The molecular formula is C26H27BrFIN6O4. The van der Waals surface area contributed by atoms with Gasteiger partial charge in [-0.1, -0.05) is 12.1 Å². The summed E-state index contributed by atoms with van der Waals surface area (Å²) < 4.78 is 19.4. The van der Waals surface area contributed by atoms with Gasteiger partial charge in [0.05, 0.1) is 52.8 Å². The lowest BCUT2D eigenvalue weighted by Gasteiger charge is -2.31. The summed E-state index contributed by atoms with van der Waals surface area (Å²) >= 11 is 4.90. The number of aliphatic hydroxyl groups excluding tert-OH is 2. The number of carbonyl (C=O) groups is 2. The van der Waals surface area contributed by atoms with Crippen LogP contribution in [0.4, 0.5) is 20.6 Å². The molecule has 206 valence electrons. The van der Waals surface area contributed by atoms with Gasteiger partial charge < -0.3 is 25.7 Å². The number of piperidine rings is 1. The highest BCUT2D eigenvalue weighted by atomic mass is 127. The first-order chi connectivity index (χ1) is 18.8. The summed E-state index contributed by atoms with van der Waals surface area (Å²) in [6, 6.07) is 11.5. The van der Waals surface area contributed by atoms with E-state index in [1.807, 2.05) is 12.1 Å². The Balaban J connectivity index is 1.28. The molecule has 0 bridgehead atoms. The van der Waals surface area contributed by atoms with E-state index in [4.69, 9.17) is 5.11 Å². The van der Waals surface area contributed by atoms with Gasteiger partial charge in [-0.25, -0.2) is 9.18 Å². The van der Waals surface area contributed by atoms with Gasteiger partial charge in [0.1, 0.15) is 5.82 Å². The van der Waals surface area contributed by atoms with Crippen LogP contribution < -0.4 is 10.6 Å². The maximum Gasteiger partial charge on any atom is 0.321 e. The fraction of sp³-hybridized carbons (Fsp3) is 0.308. The van der Waals surface area contributed by atoms with E-state index < -0.39 is 11.9 Å². The van der Waals surface area contributed by atoms with E-state index in [1.54, 1.807) is 63.0 Å². The molecule has 1 saturated heterocycles. The van der Waals surface area contributed by atoms with Crippen LogP contribution in [0.2, 0.25) is 0 Å². The van der Waals surface area contributed by atoms with Crippen molar-refractivity contribution in [3.05, 3.63) is 65.1 Å². The number of halogens is 3. The molecule has 0 radical (unpaired) electrons. The van der Waals surface area contributed by atoms with Gasteiger partial charge in [0.15, 0.2) is 5.84 Å². The van der Waals surface area contributed by atoms with E-state index in [-0.39, 0.29) is 41.2 Å². The van der Waals surface area contributed by atoms with Gasteiger partial charge >= 0.3 is 6.03 Å². The summed E-state index contributed by atoms with van der Waals surface area (Å²) in [6.45, 7) is 0.714. The van der Waals surface area contributed by atoms with Gasteiger partial charge in [0.2, 0.25) is 5.78 Å². The number of nitrogens with zero attached hydrogens (tertiary/aromatic N) is 4. The van der Waals surface area contributed by atoms with Crippen LogP contribution >= 0.6 is 38.8 Å². The molecule has 1 atom stereocenters. The Labute approximate surface area is 246 Å². The molecule has 0 unspecified atom stereocenters. The number of nitrogens with one attached hydrogen (secondary N) is 2. The topological polar surface area (TPSA) is 132 Å². The molecular weight excluding hydrogens is 686 g/mol. The number of amidine groups is 1. The second-order valence-corrected chi connectivity index (χ2v) is 10.4. The number of carbonyl (C=O) groups excluding carboxylic acids is 2. The molecule has 2 aromatic carbocycles. The van der Waals surface area contributed by atoms with Crippen LogP contribution in [0.3, 0.4) is 0 Å². The summed E-state index contributed by atoms with van der Waals surface area (Å²) in [6.07, 6.45) is 3.58. The molecule has 0 spiro atoms. The second-order valence-electron chi connectivity index (χ2n) is 9.11. The van der Waals surface area contributed by atoms with Crippen LogP contribution in [-0.2, 0) is 11.3 Å². The fourth-order valence-electron chi connectivity index (χ4n) is 4.21. The van der Waals surface area contributed by atoms with Gasteiger partial charge in [0, 0.05) is 42.1 Å². The number of aromatic nitrogens is 2. The minimum Gasteiger partial charge on any atom is -0.394 e. The molecule has 39 heavy (non-hydrogen) atoms. The van der Waals surface area contributed by atoms with E-state index in [0.717, 1.165) is 11.1 Å². The zero-order valence-corrected chi connectivity index (χ0v) is 24.5. The van der Waals surface area contributed by atoms with E-state index >= 15 is 0 Å². The third-order valence-corrected chi connectivity index (χ3v) is 7.45. The molecule has 3 aromatic rings. The molecule has 10 nitrogen and oxygen atoms in total. The molecule has 1 aliphatic heterocycles. The summed E-state index contributed by atoms with van der Waals surface area (Å²) in [5, 5.41) is 28.6. The van der Waals surface area contributed by atoms with Crippen molar-refractivity contribution in [3.8, 4) is 11.1 Å². The summed E-state index contributed by atoms with van der Waals surface area (Å²) in [4.78, 5) is 27.5. The van der Waals surface area contributed by atoms with Gasteiger partial charge in [0.25, 0.3) is 0 Å². The Kier molecular flexibility index (Phi) is 10.0. The average Bonchev–Trinajstić information content (AvgIpc) is 3.42. The summed E-state index contributed by atoms with van der Waals surface area (Å²) in [5.74, 6) is -0.634. The van der Waals surface area contributed by atoms with Gasteiger partial charge in [-0.15, -0.1) is 0 Å². The van der Waals surface area contributed by atoms with E-state index in [9.17, 15) is 19.1 Å². The first-order valence-corrected chi connectivity index (χ1v) is 14.0. The SMILES string of the molecule is O=C(/C(=N/I)Nc1ccc(F)c(Br)c1)C1CCN(C(=O)Nc2ccc(-c3cnn(C[C@@H](O)CO)c3)cc2)CC1. The fourth-order valence-corrected chi connectivity index (χ4v) is 4.94. The van der Waals surface area contributed by atoms with Crippen molar-refractivity contribution in [3.63, 3.8) is 0 Å². The number of rotatable bonds is 8. The number of anilines is 2. The number of hydrogen-bond acceptors (Lipinski definition) is 6. The first kappa shape index (κ1) is 29.1. The number of amides is 2. The summed E-state index contributed by atoms with van der Waals surface area (Å²) in [5.41, 5.74) is 2.93. The second kappa shape index (κ2) is 13.5. The van der Waals surface area contributed by atoms with Crippen LogP contribution in [0, 0.1) is 11.7 Å². The molecule has 0 aliphatic carbocycles. The lowest BCUT2D eigenvalue weighted by molar-refractivity contribution is -0.117. The van der Waals surface area contributed by atoms with Gasteiger partial charge in [-0.2, -0.15) is 8.30 Å². The normalized spacial score (nSPS) is 15.2. The number of benzene rings is 2. The van der Waals surface area contributed by atoms with E-state index in [1.165, 1.54) is 12.1 Å². The van der Waals surface area contributed by atoms with E-state index in [0.29, 0.717) is 37.3 Å². The van der Waals surface area contributed by atoms with Crippen molar-refractivity contribution >= 4 is 67.8 Å². The predicted molar refractivity (Wildman–Crippen MR) is 158 cm³/mol.